The molecule has 12 atom stereocenters. The van der Waals surface area contributed by atoms with Crippen LogP contribution in [-0.2, 0) is 28.4 Å². The van der Waals surface area contributed by atoms with Gasteiger partial charge in [0.25, 0.3) is 0 Å². The van der Waals surface area contributed by atoms with Crippen molar-refractivity contribution in [3.05, 3.63) is 36.5 Å². The van der Waals surface area contributed by atoms with Crippen LogP contribution < -0.4 is 0 Å². The lowest BCUT2D eigenvalue weighted by atomic mass is 9.68. The fourth-order valence-electron chi connectivity index (χ4n) is 8.59. The molecule has 276 valence electrons. The lowest BCUT2D eigenvalue weighted by Gasteiger charge is -2.41. The molecule has 0 aromatic heterocycles. The van der Waals surface area contributed by atoms with Crippen molar-refractivity contribution in [2.75, 3.05) is 27.4 Å². The van der Waals surface area contributed by atoms with E-state index < -0.39 is 12.2 Å². The maximum absolute atomic E-state index is 10.3. The summed E-state index contributed by atoms with van der Waals surface area (Å²) in [7, 11) is 3.37. The van der Waals surface area contributed by atoms with Crippen LogP contribution in [0.4, 0.5) is 0 Å². The Morgan fingerprint density at radius 2 is 1.23 bits per heavy atom. The van der Waals surface area contributed by atoms with E-state index in [1.54, 1.807) is 14.2 Å². The van der Waals surface area contributed by atoms with Gasteiger partial charge in [0.05, 0.1) is 72.9 Å². The maximum atomic E-state index is 10.3. The van der Waals surface area contributed by atoms with E-state index in [-0.39, 0.29) is 58.7 Å². The van der Waals surface area contributed by atoms with Gasteiger partial charge in [0, 0.05) is 14.2 Å². The average molecular weight is 677 g/mol. The minimum Gasteiger partial charge on any atom is -0.390 e. The van der Waals surface area contributed by atoms with Gasteiger partial charge in [-0.2, -0.15) is 0 Å². The van der Waals surface area contributed by atoms with Gasteiger partial charge in [-0.05, 0) is 79.1 Å². The SMILES string of the molecule is C=CCCCC.CCCC/C=C/C[C@H]1O[C@]1(C)[C@H]1[C@H](OC)[C@H](O)CC[C@]12CO2.CO[C@@H]1[C@H](O)CC[C@]2(CO2)[C@H]1[C@@]1(C)O[C@@H]1CC=C(C)C. The first-order valence-electron chi connectivity index (χ1n) is 18.9. The third-order valence-corrected chi connectivity index (χ3v) is 11.8. The highest BCUT2D eigenvalue weighted by Gasteiger charge is 2.73. The third kappa shape index (κ3) is 9.03. The molecule has 2 N–H and O–H groups in total. The molecule has 4 aliphatic heterocycles. The zero-order chi connectivity index (χ0) is 35.2. The van der Waals surface area contributed by atoms with Crippen molar-refractivity contribution < 1.29 is 38.6 Å². The highest BCUT2D eigenvalue weighted by Crippen LogP contribution is 2.60. The predicted molar refractivity (Wildman–Crippen MR) is 190 cm³/mol. The fourth-order valence-corrected chi connectivity index (χ4v) is 8.59. The van der Waals surface area contributed by atoms with Gasteiger partial charge in [-0.15, -0.1) is 6.58 Å². The van der Waals surface area contributed by atoms with Gasteiger partial charge in [0.15, 0.2) is 0 Å². The van der Waals surface area contributed by atoms with Crippen molar-refractivity contribution in [1.82, 2.24) is 0 Å². The molecule has 2 saturated carbocycles. The van der Waals surface area contributed by atoms with Gasteiger partial charge in [0.2, 0.25) is 0 Å². The zero-order valence-electron chi connectivity index (χ0n) is 31.4. The highest BCUT2D eigenvalue weighted by molar-refractivity contribution is 5.21. The van der Waals surface area contributed by atoms with Crippen molar-refractivity contribution in [3.8, 4) is 0 Å². The van der Waals surface area contributed by atoms with E-state index in [0.29, 0.717) is 0 Å². The lowest BCUT2D eigenvalue weighted by Crippen LogP contribution is -2.54. The van der Waals surface area contributed by atoms with Gasteiger partial charge in [-0.25, -0.2) is 0 Å². The largest absolute Gasteiger partial charge is 0.390 e. The topological polar surface area (TPSA) is 109 Å². The Kier molecular flexibility index (Phi) is 14.0. The standard InChI is InChI=1S/C18H30O4.C16H26O4.C6H12/c1-4-5-6-7-8-9-14-17(2,22-14)16-15(20-3)13(19)10-11-18(16)12-21-18;1-10(2)5-6-12-15(3,20-12)14-13(18-4)11(17)7-8-16(14)9-19-16;1-3-5-6-4-2/h7-8,13-16,19H,4-6,9-12H2,1-3H3;5,11-14,17H,6-9H2,1-4H3;3H,1,4-6H2,2H3/b8-7+;;/t13-,14-,15-,16-,17+,18+;11-,12-,13-,14-,15+,16+;/m11./s1. The third-order valence-electron chi connectivity index (χ3n) is 11.8. The Balaban J connectivity index is 0.000000186. The molecule has 8 heteroatoms. The Morgan fingerprint density at radius 3 is 1.60 bits per heavy atom. The van der Waals surface area contributed by atoms with Crippen LogP contribution in [-0.4, -0.2) is 96.7 Å². The van der Waals surface area contributed by atoms with E-state index in [9.17, 15) is 10.2 Å². The van der Waals surface area contributed by atoms with E-state index in [1.165, 1.54) is 37.7 Å². The zero-order valence-corrected chi connectivity index (χ0v) is 31.4. The molecule has 6 fully saturated rings. The molecule has 48 heavy (non-hydrogen) atoms. The Bertz CT molecular complexity index is 1080. The first-order valence-corrected chi connectivity index (χ1v) is 18.9. The average Bonchev–Trinajstić information content (AvgIpc) is 3.93. The summed E-state index contributed by atoms with van der Waals surface area (Å²) in [5.41, 5.74) is 0.620. The Morgan fingerprint density at radius 1 is 0.771 bits per heavy atom. The molecule has 8 nitrogen and oxygen atoms in total. The van der Waals surface area contributed by atoms with E-state index in [4.69, 9.17) is 28.4 Å². The molecule has 0 aromatic carbocycles. The number of allylic oxidation sites excluding steroid dienone is 3. The molecule has 6 aliphatic rings. The molecule has 4 saturated heterocycles. The molecule has 0 bridgehead atoms. The van der Waals surface area contributed by atoms with E-state index in [2.05, 4.69) is 66.3 Å². The molecular weight excluding hydrogens is 608 g/mol. The summed E-state index contributed by atoms with van der Waals surface area (Å²) < 4.78 is 35.0. The van der Waals surface area contributed by atoms with Crippen molar-refractivity contribution in [1.29, 1.82) is 0 Å². The molecule has 0 radical (unpaired) electrons. The molecule has 4 heterocycles. The fraction of sp³-hybridized carbons (Fsp3) is 0.850. The summed E-state index contributed by atoms with van der Waals surface area (Å²) in [5, 5.41) is 20.5. The minimum absolute atomic E-state index is 0.116. The second kappa shape index (κ2) is 16.9. The number of rotatable bonds is 14. The van der Waals surface area contributed by atoms with Crippen LogP contribution >= 0.6 is 0 Å². The predicted octanol–water partition coefficient (Wildman–Crippen LogP) is 7.25. The summed E-state index contributed by atoms with van der Waals surface area (Å²) in [6.45, 7) is 18.1. The number of aliphatic hydroxyl groups is 2. The summed E-state index contributed by atoms with van der Waals surface area (Å²) in [6, 6.07) is 0. The number of methoxy groups -OCH3 is 2. The van der Waals surface area contributed by atoms with Gasteiger partial charge < -0.3 is 38.6 Å². The number of ether oxygens (including phenoxy) is 6. The summed E-state index contributed by atoms with van der Waals surface area (Å²) in [5.74, 6) is 0.252. The van der Waals surface area contributed by atoms with Gasteiger partial charge in [-0.3, -0.25) is 0 Å². The van der Waals surface area contributed by atoms with Crippen LogP contribution in [0.25, 0.3) is 0 Å². The van der Waals surface area contributed by atoms with E-state index in [0.717, 1.165) is 58.2 Å². The van der Waals surface area contributed by atoms with E-state index >= 15 is 0 Å². The van der Waals surface area contributed by atoms with Crippen molar-refractivity contribution in [2.45, 2.75) is 178 Å². The number of epoxide rings is 4. The van der Waals surface area contributed by atoms with Gasteiger partial charge in [0.1, 0.15) is 11.2 Å². The van der Waals surface area contributed by atoms with Crippen LogP contribution in [0.5, 0.6) is 0 Å². The second-order valence-corrected chi connectivity index (χ2v) is 15.7. The van der Waals surface area contributed by atoms with Crippen molar-refractivity contribution >= 4 is 0 Å². The summed E-state index contributed by atoms with van der Waals surface area (Å²) >= 11 is 0. The normalized spacial score (nSPS) is 43.5. The first-order chi connectivity index (χ1) is 22.9. The van der Waals surface area contributed by atoms with Gasteiger partial charge >= 0.3 is 0 Å². The molecule has 2 spiro atoms. The van der Waals surface area contributed by atoms with Crippen LogP contribution in [0.15, 0.2) is 36.5 Å². The van der Waals surface area contributed by atoms with Crippen LogP contribution in [0.3, 0.4) is 0 Å². The Hall–Kier alpha value is -1.10. The van der Waals surface area contributed by atoms with Crippen LogP contribution in [0, 0.1) is 11.8 Å². The minimum atomic E-state index is -0.412. The number of unbranched alkanes of at least 4 members (excludes halogenated alkanes) is 4. The molecule has 0 unspecified atom stereocenters. The summed E-state index contributed by atoms with van der Waals surface area (Å²) in [4.78, 5) is 0. The smallest absolute Gasteiger partial charge is 0.101 e. The molecule has 0 aromatic rings. The number of hydrogen-bond acceptors (Lipinski definition) is 8. The summed E-state index contributed by atoms with van der Waals surface area (Å²) in [6.07, 6.45) is 20.5. The van der Waals surface area contributed by atoms with Crippen molar-refractivity contribution in [2.24, 2.45) is 11.8 Å². The molecule has 0 amide bonds. The maximum Gasteiger partial charge on any atom is 0.101 e. The number of hydrogen-bond donors (Lipinski definition) is 2. The van der Waals surface area contributed by atoms with E-state index in [1.807, 2.05) is 6.08 Å². The quantitative estimate of drug-likeness (QED) is 0.113. The number of aliphatic hydroxyl groups excluding tert-OH is 2. The lowest BCUT2D eigenvalue weighted by molar-refractivity contribution is -0.116. The molecule has 2 aliphatic carbocycles. The molecule has 6 rings (SSSR count). The highest BCUT2D eigenvalue weighted by atomic mass is 16.6. The molecular formula is C40H68O8. The Labute approximate surface area is 291 Å². The second-order valence-electron chi connectivity index (χ2n) is 15.7. The van der Waals surface area contributed by atoms with Crippen molar-refractivity contribution in [3.63, 3.8) is 0 Å². The van der Waals surface area contributed by atoms with Crippen LogP contribution in [0.1, 0.15) is 119 Å². The van der Waals surface area contributed by atoms with Crippen LogP contribution in [0.2, 0.25) is 0 Å². The first kappa shape index (κ1) is 39.7. The van der Waals surface area contributed by atoms with Gasteiger partial charge in [-0.1, -0.05) is 69.4 Å². The monoisotopic (exact) mass is 676 g/mol.